The Balaban J connectivity index is 0.00000324. The summed E-state index contributed by atoms with van der Waals surface area (Å²) in [5, 5.41) is 2.84. The molecule has 0 unspecified atom stereocenters. The summed E-state index contributed by atoms with van der Waals surface area (Å²) >= 11 is 3.22. The number of nitrogens with one attached hydrogen (secondary N) is 1. The Labute approximate surface area is 127 Å². The highest BCUT2D eigenvalue weighted by Crippen LogP contribution is 2.18. The lowest BCUT2D eigenvalue weighted by atomic mass is 9.92. The Bertz CT molecular complexity index is 430. The lowest BCUT2D eigenvalue weighted by molar-refractivity contribution is 0.0891. The molecule has 0 spiro atoms. The summed E-state index contributed by atoms with van der Waals surface area (Å²) in [6.07, 6.45) is 1.42. The van der Waals surface area contributed by atoms with E-state index < -0.39 is 17.3 Å². The number of benzene rings is 1. The highest BCUT2D eigenvalue weighted by molar-refractivity contribution is 9.10. The summed E-state index contributed by atoms with van der Waals surface area (Å²) in [7, 11) is 0. The van der Waals surface area contributed by atoms with E-state index in [1.807, 2.05) is 13.8 Å². The summed E-state index contributed by atoms with van der Waals surface area (Å²) in [6.45, 7) is 4.24. The third-order valence-electron chi connectivity index (χ3n) is 3.30. The maximum Gasteiger partial charge on any atom is 0.254 e. The lowest BCUT2D eigenvalue weighted by Gasteiger charge is -2.31. The van der Waals surface area contributed by atoms with Crippen LogP contribution in [0.15, 0.2) is 22.7 Å². The first kappa shape index (κ1) is 18.4. The van der Waals surface area contributed by atoms with Gasteiger partial charge in [0.25, 0.3) is 5.91 Å². The zero-order valence-corrected chi connectivity index (χ0v) is 13.4. The van der Waals surface area contributed by atoms with Crippen molar-refractivity contribution in [2.45, 2.75) is 32.2 Å². The van der Waals surface area contributed by atoms with Gasteiger partial charge in [-0.1, -0.05) is 29.8 Å². The number of carbonyl (C=O) groups is 1. The van der Waals surface area contributed by atoms with Gasteiger partial charge >= 0.3 is 0 Å². The molecule has 3 N–H and O–H groups in total. The summed E-state index contributed by atoms with van der Waals surface area (Å²) in [4.78, 5) is 12.1. The van der Waals surface area contributed by atoms with Crippen LogP contribution in [-0.2, 0) is 0 Å². The smallest absolute Gasteiger partial charge is 0.254 e. The van der Waals surface area contributed by atoms with Crippen LogP contribution in [0.25, 0.3) is 0 Å². The molecule has 0 aliphatic heterocycles. The van der Waals surface area contributed by atoms with Gasteiger partial charge in [0, 0.05) is 11.0 Å². The minimum Gasteiger partial charge on any atom is -0.345 e. The highest BCUT2D eigenvalue weighted by atomic mass is 79.9. The second kappa shape index (κ2) is 7.82. The van der Waals surface area contributed by atoms with E-state index in [0.29, 0.717) is 23.9 Å². The van der Waals surface area contributed by atoms with Gasteiger partial charge in [0.2, 0.25) is 0 Å². The zero-order chi connectivity index (χ0) is 13.8. The molecule has 1 amide bonds. The quantitative estimate of drug-likeness (QED) is 0.853. The van der Waals surface area contributed by atoms with Crippen LogP contribution in [0.1, 0.15) is 37.0 Å². The first-order valence-corrected chi connectivity index (χ1v) is 6.75. The number of carbonyl (C=O) groups excluding carboxylic acids is 1. The Hall–Kier alpha value is -0.650. The van der Waals surface area contributed by atoms with Gasteiger partial charge in [0.15, 0.2) is 0 Å². The van der Waals surface area contributed by atoms with Crippen LogP contribution >= 0.6 is 28.3 Å². The van der Waals surface area contributed by atoms with Crippen LogP contribution in [0.3, 0.4) is 0 Å². The molecule has 1 aromatic rings. The normalized spacial score (nSPS) is 10.8. The molecule has 0 atom stereocenters. The number of halogens is 3. The van der Waals surface area contributed by atoms with Crippen molar-refractivity contribution < 1.29 is 9.18 Å². The van der Waals surface area contributed by atoms with E-state index >= 15 is 0 Å². The van der Waals surface area contributed by atoms with Crippen LogP contribution in [0.5, 0.6) is 0 Å². The molecule has 0 aliphatic rings. The molecular formula is C13H19BrClFN2O. The average Bonchev–Trinajstić information content (AvgIpc) is 2.38. The second-order valence-corrected chi connectivity index (χ2v) is 5.19. The van der Waals surface area contributed by atoms with Crippen LogP contribution < -0.4 is 11.1 Å². The molecule has 0 saturated heterocycles. The van der Waals surface area contributed by atoms with Crippen LogP contribution in [0, 0.1) is 5.82 Å². The fourth-order valence-corrected chi connectivity index (χ4v) is 2.11. The fraction of sp³-hybridized carbons (Fsp3) is 0.462. The summed E-state index contributed by atoms with van der Waals surface area (Å²) < 4.78 is 14.3. The van der Waals surface area contributed by atoms with Crippen molar-refractivity contribution in [3.05, 3.63) is 34.1 Å². The second-order valence-electron chi connectivity index (χ2n) is 4.27. The molecule has 0 saturated carbocycles. The molecular weight excluding hydrogens is 335 g/mol. The van der Waals surface area contributed by atoms with Crippen molar-refractivity contribution in [1.29, 1.82) is 0 Å². The van der Waals surface area contributed by atoms with Gasteiger partial charge in [-0.2, -0.15) is 0 Å². The van der Waals surface area contributed by atoms with Crippen molar-refractivity contribution >= 4 is 34.2 Å². The van der Waals surface area contributed by atoms with Crippen LogP contribution in [-0.4, -0.2) is 18.0 Å². The van der Waals surface area contributed by atoms with E-state index in [2.05, 4.69) is 21.2 Å². The number of rotatable bonds is 5. The largest absolute Gasteiger partial charge is 0.345 e. The van der Waals surface area contributed by atoms with E-state index in [4.69, 9.17) is 5.73 Å². The fourth-order valence-electron chi connectivity index (χ4n) is 1.75. The highest BCUT2D eigenvalue weighted by Gasteiger charge is 2.27. The van der Waals surface area contributed by atoms with Gasteiger partial charge in [0.05, 0.1) is 11.1 Å². The monoisotopic (exact) mass is 352 g/mol. The van der Waals surface area contributed by atoms with Crippen molar-refractivity contribution in [2.24, 2.45) is 5.73 Å². The topological polar surface area (TPSA) is 55.1 Å². The van der Waals surface area contributed by atoms with Crippen LogP contribution in [0.4, 0.5) is 4.39 Å². The number of hydrogen-bond donors (Lipinski definition) is 2. The maximum atomic E-state index is 13.6. The lowest BCUT2D eigenvalue weighted by Crippen LogP contribution is -2.53. The predicted octanol–water partition coefficient (Wildman–Crippen LogP) is 3.26. The van der Waals surface area contributed by atoms with E-state index in [9.17, 15) is 9.18 Å². The maximum absolute atomic E-state index is 13.6. The van der Waals surface area contributed by atoms with Gasteiger partial charge in [-0.3, -0.25) is 4.79 Å². The molecule has 0 aliphatic carbocycles. The van der Waals surface area contributed by atoms with Crippen molar-refractivity contribution in [1.82, 2.24) is 5.32 Å². The van der Waals surface area contributed by atoms with Crippen molar-refractivity contribution in [2.75, 3.05) is 6.54 Å². The number of hydrogen-bond acceptors (Lipinski definition) is 2. The molecule has 0 heterocycles. The first-order valence-electron chi connectivity index (χ1n) is 5.95. The Kier molecular flexibility index (Phi) is 7.55. The van der Waals surface area contributed by atoms with E-state index in [0.717, 1.165) is 0 Å². The zero-order valence-electron chi connectivity index (χ0n) is 11.0. The third-order valence-corrected chi connectivity index (χ3v) is 3.79. The van der Waals surface area contributed by atoms with Gasteiger partial charge in [-0.05, 0) is 31.0 Å². The molecule has 0 aromatic heterocycles. The number of amides is 1. The van der Waals surface area contributed by atoms with E-state index in [-0.39, 0.29) is 18.0 Å². The molecule has 6 heteroatoms. The molecule has 0 bridgehead atoms. The van der Waals surface area contributed by atoms with Gasteiger partial charge in [-0.15, -0.1) is 12.4 Å². The van der Waals surface area contributed by atoms with Crippen molar-refractivity contribution in [3.63, 3.8) is 0 Å². The van der Waals surface area contributed by atoms with Gasteiger partial charge in [-0.25, -0.2) is 4.39 Å². The Morgan fingerprint density at radius 1 is 1.42 bits per heavy atom. The molecule has 108 valence electrons. The van der Waals surface area contributed by atoms with E-state index in [1.165, 1.54) is 12.1 Å². The van der Waals surface area contributed by atoms with Gasteiger partial charge in [0.1, 0.15) is 5.82 Å². The molecule has 19 heavy (non-hydrogen) atoms. The molecule has 0 radical (unpaired) electrons. The minimum absolute atomic E-state index is 0. The first-order chi connectivity index (χ1) is 8.48. The Morgan fingerprint density at radius 3 is 2.47 bits per heavy atom. The molecule has 3 nitrogen and oxygen atoms in total. The molecule has 1 aromatic carbocycles. The summed E-state index contributed by atoms with van der Waals surface area (Å²) in [6, 6.07) is 4.29. The van der Waals surface area contributed by atoms with Crippen molar-refractivity contribution in [3.8, 4) is 0 Å². The number of nitrogens with two attached hydrogens (primary N) is 1. The predicted molar refractivity (Wildman–Crippen MR) is 81.2 cm³/mol. The molecule has 0 fully saturated rings. The standard InChI is InChI=1S/C13H18BrFN2O.ClH/c1-3-13(4-2,8-16)17-12(18)10-7-9(14)5-6-11(10)15;/h5-7H,3-4,8,16H2,1-2H3,(H,17,18);1H. The van der Waals surface area contributed by atoms with E-state index in [1.54, 1.807) is 6.07 Å². The van der Waals surface area contributed by atoms with Crippen LogP contribution in [0.2, 0.25) is 0 Å². The Morgan fingerprint density at radius 2 is 2.00 bits per heavy atom. The molecule has 1 rings (SSSR count). The third kappa shape index (κ3) is 4.44. The minimum atomic E-state index is -0.533. The van der Waals surface area contributed by atoms with Gasteiger partial charge < -0.3 is 11.1 Å². The SMILES string of the molecule is CCC(CC)(CN)NC(=O)c1cc(Br)ccc1F.Cl. The average molecular weight is 354 g/mol. The summed E-state index contributed by atoms with van der Waals surface area (Å²) in [5.41, 5.74) is 5.27. The summed E-state index contributed by atoms with van der Waals surface area (Å²) in [5.74, 6) is -0.961.